The minimum Gasteiger partial charge on any atom is -0.509 e. The van der Waals surface area contributed by atoms with Crippen molar-refractivity contribution in [3.8, 4) is 33.8 Å². The summed E-state index contributed by atoms with van der Waals surface area (Å²) >= 11 is 0. The van der Waals surface area contributed by atoms with Crippen LogP contribution in [0.1, 0.15) is 12.5 Å². The Hall–Kier alpha value is -6.93. The molecule has 0 atom stereocenters. The lowest BCUT2D eigenvalue weighted by Gasteiger charge is -2.23. The second-order valence-corrected chi connectivity index (χ2v) is 13.2. The largest absolute Gasteiger partial charge is 0.509 e. The summed E-state index contributed by atoms with van der Waals surface area (Å²) in [5.74, 6) is -5.60. The summed E-state index contributed by atoms with van der Waals surface area (Å²) < 4.78 is 6.45. The lowest BCUT2D eigenvalue weighted by molar-refractivity contribution is 0.246. The Kier molecular flexibility index (Phi) is 7.76. The average Bonchev–Trinajstić information content (AvgIpc) is 3.54. The highest BCUT2D eigenvalue weighted by molar-refractivity contribution is 6.45. The summed E-state index contributed by atoms with van der Waals surface area (Å²) in [5, 5.41) is 81.7. The SMILES string of the molecule is Bc1c(O)c(O)c(B)c(-c2c3ccccc3c(-c3cccc4oc5cc6ccccc6cc5c34)c3ccccc23)c1/C=C(O)/C(O)=C(O)\C(O)=C(/C)O. The average molecular weight is 698 g/mol. The van der Waals surface area contributed by atoms with Crippen molar-refractivity contribution in [1.82, 2.24) is 0 Å². The zero-order valence-corrected chi connectivity index (χ0v) is 28.9. The van der Waals surface area contributed by atoms with E-state index in [1.54, 1.807) is 15.7 Å². The van der Waals surface area contributed by atoms with Gasteiger partial charge in [0.1, 0.15) is 32.6 Å². The molecule has 8 rings (SSSR count). The van der Waals surface area contributed by atoms with Gasteiger partial charge in [-0.3, -0.25) is 0 Å². The molecule has 0 aliphatic heterocycles. The van der Waals surface area contributed by atoms with Gasteiger partial charge >= 0.3 is 0 Å². The highest BCUT2D eigenvalue weighted by Crippen LogP contribution is 2.48. The van der Waals surface area contributed by atoms with Gasteiger partial charge in [-0.05, 0) is 102 Å². The van der Waals surface area contributed by atoms with Gasteiger partial charge in [0.15, 0.2) is 23.0 Å². The molecule has 0 bridgehead atoms. The van der Waals surface area contributed by atoms with Crippen molar-refractivity contribution in [1.29, 1.82) is 0 Å². The number of allylic oxidation sites excluding steroid dienone is 1. The maximum Gasteiger partial charge on any atom is 0.207 e. The van der Waals surface area contributed by atoms with Gasteiger partial charge in [0, 0.05) is 10.8 Å². The fourth-order valence-corrected chi connectivity index (χ4v) is 7.51. The topological polar surface area (TPSA) is 155 Å². The number of benzene rings is 7. The minimum atomic E-state index is -1.15. The fraction of sp³-hybridized carbons (Fsp3) is 0.0233. The monoisotopic (exact) mass is 698 g/mol. The van der Waals surface area contributed by atoms with E-state index in [1.165, 1.54) is 0 Å². The van der Waals surface area contributed by atoms with E-state index >= 15 is 0 Å². The normalized spacial score (nSPS) is 13.3. The number of fused-ring (bicyclic) bond motifs is 6. The van der Waals surface area contributed by atoms with Gasteiger partial charge in [-0.2, -0.15) is 0 Å². The summed E-state index contributed by atoms with van der Waals surface area (Å²) in [5.41, 5.74) is 5.30. The molecule has 258 valence electrons. The Morgan fingerprint density at radius 2 is 1.09 bits per heavy atom. The van der Waals surface area contributed by atoms with E-state index in [9.17, 15) is 35.7 Å². The fourth-order valence-electron chi connectivity index (χ4n) is 7.51. The van der Waals surface area contributed by atoms with Gasteiger partial charge < -0.3 is 40.2 Å². The Balaban J connectivity index is 1.50. The molecule has 53 heavy (non-hydrogen) atoms. The van der Waals surface area contributed by atoms with Crippen molar-refractivity contribution in [2.75, 3.05) is 0 Å². The molecule has 0 saturated carbocycles. The van der Waals surface area contributed by atoms with Crippen LogP contribution in [0.4, 0.5) is 0 Å². The highest BCUT2D eigenvalue weighted by atomic mass is 16.4. The first kappa shape index (κ1) is 33.2. The molecule has 0 radical (unpaired) electrons. The number of rotatable bonds is 5. The van der Waals surface area contributed by atoms with E-state index in [1.807, 2.05) is 72.8 Å². The Morgan fingerprint density at radius 1 is 0.547 bits per heavy atom. The van der Waals surface area contributed by atoms with Crippen LogP contribution in [0.2, 0.25) is 0 Å². The van der Waals surface area contributed by atoms with Crippen LogP contribution in [-0.4, -0.2) is 51.4 Å². The molecular weight excluding hydrogens is 666 g/mol. The number of furan rings is 1. The van der Waals surface area contributed by atoms with E-state index in [-0.39, 0.29) is 16.8 Å². The number of aromatic hydroxyl groups is 2. The smallest absolute Gasteiger partial charge is 0.207 e. The molecule has 0 aliphatic carbocycles. The Morgan fingerprint density at radius 3 is 1.70 bits per heavy atom. The lowest BCUT2D eigenvalue weighted by atomic mass is 9.73. The van der Waals surface area contributed by atoms with Gasteiger partial charge in [0.2, 0.25) is 11.5 Å². The lowest BCUT2D eigenvalue weighted by Crippen LogP contribution is -2.20. The predicted octanol–water partition coefficient (Wildman–Crippen LogP) is 7.88. The van der Waals surface area contributed by atoms with Gasteiger partial charge in [0.25, 0.3) is 0 Å². The third kappa shape index (κ3) is 5.10. The van der Waals surface area contributed by atoms with Crippen LogP contribution < -0.4 is 10.9 Å². The summed E-state index contributed by atoms with van der Waals surface area (Å²) in [6.45, 7) is 1.10. The molecule has 1 aromatic heterocycles. The van der Waals surface area contributed by atoms with Crippen molar-refractivity contribution in [3.63, 3.8) is 0 Å². The van der Waals surface area contributed by atoms with Crippen LogP contribution in [0.5, 0.6) is 11.5 Å². The maximum absolute atomic E-state index is 11.3. The van der Waals surface area contributed by atoms with Crippen LogP contribution in [0.25, 0.3) is 82.6 Å². The van der Waals surface area contributed by atoms with Crippen LogP contribution in [0.3, 0.4) is 0 Å². The molecule has 8 aromatic rings. The third-order valence-corrected chi connectivity index (χ3v) is 10.1. The van der Waals surface area contributed by atoms with Crippen LogP contribution in [0.15, 0.2) is 136 Å². The van der Waals surface area contributed by atoms with E-state index in [0.29, 0.717) is 16.6 Å². The van der Waals surface area contributed by atoms with E-state index in [0.717, 1.165) is 78.4 Å². The molecule has 0 unspecified atom stereocenters. The molecule has 0 spiro atoms. The second-order valence-electron chi connectivity index (χ2n) is 13.2. The summed E-state index contributed by atoms with van der Waals surface area (Å²) in [4.78, 5) is 0. The van der Waals surface area contributed by atoms with E-state index in [2.05, 4.69) is 30.3 Å². The second kappa shape index (κ2) is 12.4. The van der Waals surface area contributed by atoms with Crippen LogP contribution in [0, 0.1) is 0 Å². The van der Waals surface area contributed by atoms with Crippen LogP contribution >= 0.6 is 0 Å². The first-order valence-electron chi connectivity index (χ1n) is 16.9. The molecule has 10 heteroatoms. The van der Waals surface area contributed by atoms with Crippen molar-refractivity contribution in [2.24, 2.45) is 0 Å². The summed E-state index contributed by atoms with van der Waals surface area (Å²) in [7, 11) is 3.20. The van der Waals surface area contributed by atoms with Gasteiger partial charge in [-0.25, -0.2) is 0 Å². The number of aliphatic hydroxyl groups excluding tert-OH is 5. The van der Waals surface area contributed by atoms with E-state index < -0.39 is 34.5 Å². The standard InChI is InChI=1S/C43H32B2O8/c1-20(46)39(48)43(52)40(49)30(47)19-29-36(38(45)42(51)41(50)37(29)44)35-25-13-6-4-11-23(25)33(24-12-5-7-14-26(24)35)27-15-8-16-31-34(27)28-17-21-9-2-3-10-22(21)18-32(28)53-31/h2-19,46-52H,44-45H2,1H3/b30-19-,39-20-,43-40-. The molecule has 0 saturated heterocycles. The number of hydrogen-bond donors (Lipinski definition) is 7. The zero-order valence-electron chi connectivity index (χ0n) is 28.9. The number of phenolic OH excluding ortho intramolecular Hbond substituents is 2. The molecule has 0 amide bonds. The molecule has 1 heterocycles. The summed E-state index contributed by atoms with van der Waals surface area (Å²) in [6, 6.07) is 34.2. The molecule has 8 nitrogen and oxygen atoms in total. The first-order chi connectivity index (χ1) is 25.5. The number of aliphatic hydroxyl groups is 5. The minimum absolute atomic E-state index is 0.180. The number of phenols is 2. The van der Waals surface area contributed by atoms with Crippen molar-refractivity contribution < 1.29 is 40.2 Å². The Labute approximate surface area is 304 Å². The van der Waals surface area contributed by atoms with Gasteiger partial charge in [-0.1, -0.05) is 84.9 Å². The Bertz CT molecular complexity index is 2890. The first-order valence-corrected chi connectivity index (χ1v) is 16.9. The molecule has 7 N–H and O–H groups in total. The molecule has 0 fully saturated rings. The molecular formula is C43H32B2O8. The van der Waals surface area contributed by atoms with Crippen molar-refractivity contribution in [2.45, 2.75) is 6.92 Å². The number of hydrogen-bond acceptors (Lipinski definition) is 8. The quantitative estimate of drug-likeness (QED) is 0.0315. The van der Waals surface area contributed by atoms with Crippen molar-refractivity contribution >= 4 is 87.0 Å². The van der Waals surface area contributed by atoms with E-state index in [4.69, 9.17) is 4.42 Å². The highest BCUT2D eigenvalue weighted by Gasteiger charge is 2.26. The maximum atomic E-state index is 11.3. The molecule has 0 aliphatic rings. The van der Waals surface area contributed by atoms with Gasteiger partial charge in [0.05, 0.1) is 0 Å². The predicted molar refractivity (Wildman–Crippen MR) is 218 cm³/mol. The summed E-state index contributed by atoms with van der Waals surface area (Å²) in [6.07, 6.45) is 1.14. The van der Waals surface area contributed by atoms with Crippen LogP contribution in [-0.2, 0) is 0 Å². The molecule has 7 aromatic carbocycles. The third-order valence-electron chi connectivity index (χ3n) is 10.1. The van der Waals surface area contributed by atoms with Crippen molar-refractivity contribution in [3.05, 3.63) is 137 Å². The zero-order chi connectivity index (χ0) is 37.3. The van der Waals surface area contributed by atoms with Gasteiger partial charge in [-0.15, -0.1) is 0 Å².